The van der Waals surface area contributed by atoms with Gasteiger partial charge in [0.25, 0.3) is 0 Å². The van der Waals surface area contributed by atoms with Gasteiger partial charge in [-0.2, -0.15) is 0 Å². The summed E-state index contributed by atoms with van der Waals surface area (Å²) in [7, 11) is -1.58. The van der Waals surface area contributed by atoms with Crippen molar-refractivity contribution in [3.8, 4) is 0 Å². The standard InChI is InChI=1S/C24H34OP/c1-15(2)19-9-20(16(3)4)12-23(11-19)26(25)24-13-21(17(5)6)10-22(14-24)18(7)8/h9-18H,1-8H3. The third kappa shape index (κ3) is 4.83. The van der Waals surface area contributed by atoms with E-state index in [1.54, 1.807) is 0 Å². The molecule has 0 spiro atoms. The summed E-state index contributed by atoms with van der Waals surface area (Å²) in [5.74, 6) is 1.74. The fraction of sp³-hybridized carbons (Fsp3) is 0.500. The van der Waals surface area contributed by atoms with Gasteiger partial charge in [0, 0.05) is 10.6 Å². The van der Waals surface area contributed by atoms with E-state index in [-0.39, 0.29) is 0 Å². The van der Waals surface area contributed by atoms with E-state index in [0.717, 1.165) is 10.6 Å². The molecular weight excluding hydrogens is 335 g/mol. The molecule has 0 bridgehead atoms. The molecule has 0 heterocycles. The Morgan fingerprint density at radius 2 is 0.731 bits per heavy atom. The Balaban J connectivity index is 2.58. The molecular formula is C24H34OP. The maximum atomic E-state index is 13.5. The van der Waals surface area contributed by atoms with Crippen LogP contribution in [0.15, 0.2) is 36.4 Å². The summed E-state index contributed by atoms with van der Waals surface area (Å²) < 4.78 is 13.5. The lowest BCUT2D eigenvalue weighted by Gasteiger charge is -2.16. The first kappa shape index (κ1) is 20.8. The van der Waals surface area contributed by atoms with Crippen LogP contribution in [0, 0.1) is 0 Å². The lowest BCUT2D eigenvalue weighted by Crippen LogP contribution is -2.12. The van der Waals surface area contributed by atoms with E-state index in [0.29, 0.717) is 23.7 Å². The second kappa shape index (κ2) is 8.49. The zero-order valence-corrected chi connectivity index (χ0v) is 18.5. The highest BCUT2D eigenvalue weighted by atomic mass is 31.1. The predicted molar refractivity (Wildman–Crippen MR) is 116 cm³/mol. The first-order valence-electron chi connectivity index (χ1n) is 9.87. The zero-order chi connectivity index (χ0) is 19.6. The first-order chi connectivity index (χ1) is 12.1. The molecule has 0 N–H and O–H groups in total. The lowest BCUT2D eigenvalue weighted by molar-refractivity contribution is 0.598. The third-order valence-electron chi connectivity index (χ3n) is 5.06. The Kier molecular flexibility index (Phi) is 6.80. The van der Waals surface area contributed by atoms with E-state index >= 15 is 0 Å². The van der Waals surface area contributed by atoms with Crippen LogP contribution >= 0.6 is 7.80 Å². The van der Waals surface area contributed by atoms with E-state index in [2.05, 4.69) is 91.8 Å². The van der Waals surface area contributed by atoms with Crippen molar-refractivity contribution < 1.29 is 4.57 Å². The number of hydrogen-bond donors (Lipinski definition) is 0. The summed E-state index contributed by atoms with van der Waals surface area (Å²) in [6.07, 6.45) is 0. The molecule has 0 amide bonds. The van der Waals surface area contributed by atoms with Gasteiger partial charge in [0.2, 0.25) is 0 Å². The van der Waals surface area contributed by atoms with Gasteiger partial charge in [0.05, 0.1) is 0 Å². The van der Waals surface area contributed by atoms with Crippen LogP contribution in [0.5, 0.6) is 0 Å². The highest BCUT2D eigenvalue weighted by Gasteiger charge is 2.16. The van der Waals surface area contributed by atoms with Crippen LogP contribution in [0.2, 0.25) is 0 Å². The molecule has 0 aromatic heterocycles. The molecule has 0 aliphatic carbocycles. The topological polar surface area (TPSA) is 17.1 Å². The maximum absolute atomic E-state index is 13.5. The SMILES string of the molecule is CC(C)c1cc(C(C)C)cc([P](=O)c2cc(C(C)C)cc(C(C)C)c2)c1. The van der Waals surface area contributed by atoms with Crippen molar-refractivity contribution in [3.05, 3.63) is 58.7 Å². The highest BCUT2D eigenvalue weighted by molar-refractivity contribution is 7.61. The number of hydrogen-bond acceptors (Lipinski definition) is 1. The van der Waals surface area contributed by atoms with Crippen molar-refractivity contribution in [1.82, 2.24) is 0 Å². The molecule has 26 heavy (non-hydrogen) atoms. The fourth-order valence-electron chi connectivity index (χ4n) is 3.03. The van der Waals surface area contributed by atoms with Gasteiger partial charge in [0.15, 0.2) is 0 Å². The Bertz CT molecular complexity index is 667. The van der Waals surface area contributed by atoms with E-state index in [1.807, 2.05) is 0 Å². The van der Waals surface area contributed by atoms with Gasteiger partial charge in [-0.3, -0.25) is 4.57 Å². The summed E-state index contributed by atoms with van der Waals surface area (Å²) in [6, 6.07) is 13.1. The summed E-state index contributed by atoms with van der Waals surface area (Å²) in [5.41, 5.74) is 5.11. The van der Waals surface area contributed by atoms with Crippen LogP contribution in [-0.4, -0.2) is 0 Å². The Labute approximate surface area is 161 Å². The van der Waals surface area contributed by atoms with Crippen LogP contribution in [0.1, 0.15) is 101 Å². The average Bonchev–Trinajstić information content (AvgIpc) is 2.59. The van der Waals surface area contributed by atoms with Gasteiger partial charge in [-0.15, -0.1) is 0 Å². The van der Waals surface area contributed by atoms with Gasteiger partial charge in [-0.1, -0.05) is 67.5 Å². The van der Waals surface area contributed by atoms with Gasteiger partial charge < -0.3 is 0 Å². The van der Waals surface area contributed by atoms with Crippen molar-refractivity contribution in [1.29, 1.82) is 0 Å². The van der Waals surface area contributed by atoms with Gasteiger partial charge in [0.1, 0.15) is 7.80 Å². The quantitative estimate of drug-likeness (QED) is 0.503. The fourth-order valence-corrected chi connectivity index (χ4v) is 4.40. The van der Waals surface area contributed by atoms with Gasteiger partial charge >= 0.3 is 0 Å². The second-order valence-corrected chi connectivity index (χ2v) is 10.3. The van der Waals surface area contributed by atoms with E-state index in [4.69, 9.17) is 0 Å². The lowest BCUT2D eigenvalue weighted by atomic mass is 9.96. The molecule has 2 rings (SSSR count). The van der Waals surface area contributed by atoms with Crippen molar-refractivity contribution in [2.75, 3.05) is 0 Å². The molecule has 0 fully saturated rings. The third-order valence-corrected chi connectivity index (χ3v) is 6.51. The molecule has 141 valence electrons. The molecule has 0 saturated heterocycles. The second-order valence-electron chi connectivity index (χ2n) is 8.63. The normalized spacial score (nSPS) is 11.8. The molecule has 2 aromatic carbocycles. The minimum absolute atomic E-state index is 0.434. The van der Waals surface area contributed by atoms with Crippen molar-refractivity contribution >= 4 is 18.4 Å². The molecule has 2 heteroatoms. The molecule has 1 nitrogen and oxygen atoms in total. The smallest absolute Gasteiger partial charge is 0.136 e. The van der Waals surface area contributed by atoms with E-state index in [9.17, 15) is 4.57 Å². The van der Waals surface area contributed by atoms with Crippen LogP contribution in [0.3, 0.4) is 0 Å². The molecule has 0 aliphatic rings. The maximum Gasteiger partial charge on any atom is 0.136 e. The molecule has 0 atom stereocenters. The first-order valence-corrected chi connectivity index (χ1v) is 11.1. The van der Waals surface area contributed by atoms with Crippen molar-refractivity contribution in [2.45, 2.75) is 79.1 Å². The minimum Gasteiger partial charge on any atom is -0.277 e. The van der Waals surface area contributed by atoms with Crippen LogP contribution in [0.4, 0.5) is 0 Å². The summed E-state index contributed by atoms with van der Waals surface area (Å²) >= 11 is 0. The molecule has 0 aliphatic heterocycles. The molecule has 0 unspecified atom stereocenters. The molecule has 1 radical (unpaired) electrons. The predicted octanol–water partition coefficient (Wildman–Crippen LogP) is 6.96. The largest absolute Gasteiger partial charge is 0.277 e. The van der Waals surface area contributed by atoms with E-state index in [1.165, 1.54) is 22.3 Å². The van der Waals surface area contributed by atoms with Gasteiger partial charge in [-0.05, 0) is 70.2 Å². The molecule has 0 saturated carbocycles. The Morgan fingerprint density at radius 3 is 0.923 bits per heavy atom. The summed E-state index contributed by atoms with van der Waals surface area (Å²) in [4.78, 5) is 0. The highest BCUT2D eigenvalue weighted by Crippen LogP contribution is 2.29. The monoisotopic (exact) mass is 369 g/mol. The van der Waals surface area contributed by atoms with Crippen LogP contribution in [0.25, 0.3) is 0 Å². The van der Waals surface area contributed by atoms with Crippen molar-refractivity contribution in [3.63, 3.8) is 0 Å². The summed E-state index contributed by atoms with van der Waals surface area (Å²) in [6.45, 7) is 17.6. The summed E-state index contributed by atoms with van der Waals surface area (Å²) in [5, 5.41) is 1.93. The van der Waals surface area contributed by atoms with E-state index < -0.39 is 7.80 Å². The van der Waals surface area contributed by atoms with Crippen LogP contribution < -0.4 is 10.6 Å². The Morgan fingerprint density at radius 1 is 0.500 bits per heavy atom. The number of benzene rings is 2. The molecule has 2 aromatic rings. The Hall–Kier alpha value is -1.46. The van der Waals surface area contributed by atoms with Crippen molar-refractivity contribution in [2.24, 2.45) is 0 Å². The number of rotatable bonds is 6. The van der Waals surface area contributed by atoms with Crippen LogP contribution in [-0.2, 0) is 4.57 Å². The zero-order valence-electron chi connectivity index (χ0n) is 17.6. The van der Waals surface area contributed by atoms with Gasteiger partial charge in [-0.25, -0.2) is 0 Å². The average molecular weight is 370 g/mol. The minimum atomic E-state index is -1.58.